The van der Waals surface area contributed by atoms with Crippen molar-refractivity contribution in [3.63, 3.8) is 0 Å². The molecule has 0 aromatic carbocycles. The summed E-state index contributed by atoms with van der Waals surface area (Å²) in [4.78, 5) is 7.03. The van der Waals surface area contributed by atoms with Gasteiger partial charge >= 0.3 is 0 Å². The van der Waals surface area contributed by atoms with Gasteiger partial charge in [0.1, 0.15) is 0 Å². The van der Waals surface area contributed by atoms with E-state index in [4.69, 9.17) is 0 Å². The first-order valence-electron chi connectivity index (χ1n) is 9.97. The minimum absolute atomic E-state index is 0.0243. The summed E-state index contributed by atoms with van der Waals surface area (Å²) in [5, 5.41) is 17.4. The molecule has 3 fully saturated rings. The van der Waals surface area contributed by atoms with Gasteiger partial charge in [-0.05, 0) is 44.4 Å². The number of hydrogen-bond acceptors (Lipinski definition) is 3. The van der Waals surface area contributed by atoms with Gasteiger partial charge in [0, 0.05) is 44.7 Å². The van der Waals surface area contributed by atoms with E-state index in [0.717, 1.165) is 37.7 Å². The van der Waals surface area contributed by atoms with Crippen molar-refractivity contribution in [1.82, 2.24) is 15.5 Å². The van der Waals surface area contributed by atoms with Gasteiger partial charge in [-0.1, -0.05) is 19.8 Å². The summed E-state index contributed by atoms with van der Waals surface area (Å²) >= 11 is 0. The maximum absolute atomic E-state index is 10.3. The zero-order chi connectivity index (χ0) is 17.0. The predicted octanol–water partition coefficient (Wildman–Crippen LogP) is 1.97. The summed E-state index contributed by atoms with van der Waals surface area (Å²) in [5.41, 5.74) is -0.0243. The monoisotopic (exact) mass is 336 g/mol. The Balaban J connectivity index is 1.40. The maximum atomic E-state index is 10.3. The van der Waals surface area contributed by atoms with Crippen molar-refractivity contribution >= 4 is 5.96 Å². The number of aliphatic hydroxyl groups is 1. The van der Waals surface area contributed by atoms with Crippen LogP contribution in [0, 0.1) is 11.3 Å². The van der Waals surface area contributed by atoms with Crippen LogP contribution in [0.2, 0.25) is 0 Å². The van der Waals surface area contributed by atoms with Gasteiger partial charge in [0.15, 0.2) is 5.96 Å². The molecule has 2 saturated carbocycles. The van der Waals surface area contributed by atoms with Gasteiger partial charge in [-0.25, -0.2) is 0 Å². The summed E-state index contributed by atoms with van der Waals surface area (Å²) in [6.07, 6.45) is 9.51. The minimum atomic E-state index is -0.192. The molecule has 0 spiro atoms. The van der Waals surface area contributed by atoms with E-state index < -0.39 is 0 Å². The molecule has 3 N–H and O–H groups in total. The van der Waals surface area contributed by atoms with Gasteiger partial charge in [0.2, 0.25) is 0 Å². The fourth-order valence-corrected chi connectivity index (χ4v) is 4.19. The SMILES string of the molecule is CN=C(NCC1(C)CCCCC1O)NC1CCN(CC2CC2)CC1. The second kappa shape index (κ2) is 8.05. The number of nitrogens with zero attached hydrogens (tertiary/aromatic N) is 2. The van der Waals surface area contributed by atoms with Crippen LogP contribution in [0.3, 0.4) is 0 Å². The van der Waals surface area contributed by atoms with Crippen molar-refractivity contribution in [2.24, 2.45) is 16.3 Å². The van der Waals surface area contributed by atoms with E-state index in [1.165, 1.54) is 51.7 Å². The second-order valence-electron chi connectivity index (χ2n) is 8.50. The molecule has 1 aliphatic heterocycles. The van der Waals surface area contributed by atoms with E-state index in [1.54, 1.807) is 0 Å². The molecule has 0 amide bonds. The highest BCUT2D eigenvalue weighted by Crippen LogP contribution is 2.35. The summed E-state index contributed by atoms with van der Waals surface area (Å²) in [6, 6.07) is 0.524. The Morgan fingerprint density at radius 2 is 1.92 bits per heavy atom. The van der Waals surface area contributed by atoms with Crippen LogP contribution in [0.25, 0.3) is 0 Å². The molecular formula is C19H36N4O. The van der Waals surface area contributed by atoms with Crippen LogP contribution in [-0.4, -0.2) is 61.3 Å². The number of piperidine rings is 1. The highest BCUT2D eigenvalue weighted by Gasteiger charge is 2.35. The van der Waals surface area contributed by atoms with E-state index in [1.807, 2.05) is 7.05 Å². The number of rotatable bonds is 5. The highest BCUT2D eigenvalue weighted by atomic mass is 16.3. The van der Waals surface area contributed by atoms with Gasteiger partial charge in [0.25, 0.3) is 0 Å². The molecular weight excluding hydrogens is 300 g/mol. The molecule has 0 aromatic rings. The summed E-state index contributed by atoms with van der Waals surface area (Å²) in [7, 11) is 1.84. The van der Waals surface area contributed by atoms with Crippen molar-refractivity contribution in [3.8, 4) is 0 Å². The topological polar surface area (TPSA) is 59.9 Å². The average Bonchev–Trinajstić information content (AvgIpc) is 3.40. The molecule has 5 heteroatoms. The quantitative estimate of drug-likeness (QED) is 0.531. The number of nitrogens with one attached hydrogen (secondary N) is 2. The molecule has 5 nitrogen and oxygen atoms in total. The van der Waals surface area contributed by atoms with E-state index in [-0.39, 0.29) is 11.5 Å². The summed E-state index contributed by atoms with van der Waals surface area (Å²) < 4.78 is 0. The first-order chi connectivity index (χ1) is 11.6. The van der Waals surface area contributed by atoms with Crippen LogP contribution in [0.4, 0.5) is 0 Å². The third-order valence-electron chi connectivity index (χ3n) is 6.30. The second-order valence-corrected chi connectivity index (χ2v) is 8.50. The molecule has 138 valence electrons. The molecule has 2 unspecified atom stereocenters. The van der Waals surface area contributed by atoms with E-state index in [9.17, 15) is 5.11 Å². The summed E-state index contributed by atoms with van der Waals surface area (Å²) in [5.74, 6) is 1.89. The molecule has 0 radical (unpaired) electrons. The lowest BCUT2D eigenvalue weighted by Gasteiger charge is -2.39. The van der Waals surface area contributed by atoms with Crippen LogP contribution >= 0.6 is 0 Å². The third-order valence-corrected chi connectivity index (χ3v) is 6.30. The number of aliphatic hydroxyl groups excluding tert-OH is 1. The van der Waals surface area contributed by atoms with Gasteiger partial charge in [-0.15, -0.1) is 0 Å². The lowest BCUT2D eigenvalue weighted by molar-refractivity contribution is 0.00393. The molecule has 24 heavy (non-hydrogen) atoms. The lowest BCUT2D eigenvalue weighted by Crippen LogP contribution is -2.52. The van der Waals surface area contributed by atoms with Crippen molar-refractivity contribution in [2.45, 2.75) is 70.4 Å². The third kappa shape index (κ3) is 4.85. The predicted molar refractivity (Wildman–Crippen MR) is 99.3 cm³/mol. The van der Waals surface area contributed by atoms with E-state index in [2.05, 4.69) is 27.4 Å². The zero-order valence-electron chi connectivity index (χ0n) is 15.6. The molecule has 3 rings (SSSR count). The van der Waals surface area contributed by atoms with Crippen LogP contribution in [0.1, 0.15) is 58.3 Å². The van der Waals surface area contributed by atoms with Crippen LogP contribution in [0.15, 0.2) is 4.99 Å². The summed E-state index contributed by atoms with van der Waals surface area (Å²) in [6.45, 7) is 6.74. The van der Waals surface area contributed by atoms with Gasteiger partial charge in [0.05, 0.1) is 6.10 Å². The Morgan fingerprint density at radius 1 is 1.17 bits per heavy atom. The van der Waals surface area contributed by atoms with Crippen LogP contribution in [0.5, 0.6) is 0 Å². The molecule has 2 atom stereocenters. The van der Waals surface area contributed by atoms with Gasteiger partial charge in [-0.3, -0.25) is 4.99 Å². The fourth-order valence-electron chi connectivity index (χ4n) is 4.19. The number of guanidine groups is 1. The minimum Gasteiger partial charge on any atom is -0.392 e. The first-order valence-corrected chi connectivity index (χ1v) is 9.97. The Kier molecular flexibility index (Phi) is 6.03. The van der Waals surface area contributed by atoms with Crippen molar-refractivity contribution in [3.05, 3.63) is 0 Å². The molecule has 1 saturated heterocycles. The van der Waals surface area contributed by atoms with Crippen LogP contribution < -0.4 is 10.6 Å². The maximum Gasteiger partial charge on any atom is 0.191 e. The Morgan fingerprint density at radius 3 is 2.54 bits per heavy atom. The van der Waals surface area contributed by atoms with Crippen molar-refractivity contribution in [1.29, 1.82) is 0 Å². The largest absolute Gasteiger partial charge is 0.392 e. The standard InChI is InChI=1S/C19H36N4O/c1-19(10-4-3-5-17(19)24)14-21-18(20-2)22-16-8-11-23(12-9-16)13-15-6-7-15/h15-17,24H,3-14H2,1-2H3,(H2,20,21,22). The van der Waals surface area contributed by atoms with Crippen molar-refractivity contribution < 1.29 is 5.11 Å². The zero-order valence-corrected chi connectivity index (χ0v) is 15.6. The molecule has 0 bridgehead atoms. The van der Waals surface area contributed by atoms with Gasteiger partial charge < -0.3 is 20.6 Å². The first kappa shape index (κ1) is 18.0. The normalized spacial score (nSPS) is 33.5. The Bertz CT molecular complexity index is 429. The van der Waals surface area contributed by atoms with E-state index in [0.29, 0.717) is 6.04 Å². The molecule has 3 aliphatic rings. The smallest absolute Gasteiger partial charge is 0.191 e. The average molecular weight is 337 g/mol. The molecule has 0 aromatic heterocycles. The van der Waals surface area contributed by atoms with Crippen molar-refractivity contribution in [2.75, 3.05) is 33.2 Å². The Labute approximate surface area is 147 Å². The Hall–Kier alpha value is -0.810. The number of likely N-dealkylation sites (tertiary alicyclic amines) is 1. The van der Waals surface area contributed by atoms with Gasteiger partial charge in [-0.2, -0.15) is 0 Å². The van der Waals surface area contributed by atoms with E-state index >= 15 is 0 Å². The lowest BCUT2D eigenvalue weighted by atomic mass is 9.73. The van der Waals surface area contributed by atoms with Crippen LogP contribution in [-0.2, 0) is 0 Å². The number of hydrogen-bond donors (Lipinski definition) is 3. The molecule has 2 aliphatic carbocycles. The number of aliphatic imine (C=N–C) groups is 1. The fraction of sp³-hybridized carbons (Fsp3) is 0.947. The molecule has 1 heterocycles. The highest BCUT2D eigenvalue weighted by molar-refractivity contribution is 5.80.